The summed E-state index contributed by atoms with van der Waals surface area (Å²) < 4.78 is 5.75. The Morgan fingerprint density at radius 3 is 2.89 bits per heavy atom. The lowest BCUT2D eigenvalue weighted by atomic mass is 10.1. The summed E-state index contributed by atoms with van der Waals surface area (Å²) in [6.45, 7) is 2.15. The molecule has 2 atom stereocenters. The number of anilines is 1. The topological polar surface area (TPSA) is 75.9 Å². The Labute approximate surface area is 104 Å². The molecular weight excluding hydrogens is 234 g/mol. The molecule has 1 aromatic carbocycles. The third-order valence-corrected chi connectivity index (χ3v) is 3.38. The van der Waals surface area contributed by atoms with Gasteiger partial charge in [-0.15, -0.1) is 0 Å². The molecular formula is C12H13N3O3. The Hall–Kier alpha value is -2.24. The van der Waals surface area contributed by atoms with E-state index in [9.17, 15) is 9.59 Å². The molecule has 2 N–H and O–H groups in total. The average molecular weight is 247 g/mol. The van der Waals surface area contributed by atoms with Crippen molar-refractivity contribution in [1.82, 2.24) is 4.90 Å². The number of imide groups is 1. The quantitative estimate of drug-likeness (QED) is 0.747. The fourth-order valence-corrected chi connectivity index (χ4v) is 2.48. The summed E-state index contributed by atoms with van der Waals surface area (Å²) in [7, 11) is 0. The van der Waals surface area contributed by atoms with E-state index in [2.05, 4.69) is 0 Å². The first-order valence-electron chi connectivity index (χ1n) is 5.75. The van der Waals surface area contributed by atoms with Gasteiger partial charge >= 0.3 is 12.1 Å². The van der Waals surface area contributed by atoms with Crippen molar-refractivity contribution in [2.75, 3.05) is 11.4 Å². The van der Waals surface area contributed by atoms with Gasteiger partial charge < -0.3 is 10.5 Å². The van der Waals surface area contributed by atoms with Crippen LogP contribution in [0.1, 0.15) is 6.92 Å². The van der Waals surface area contributed by atoms with Crippen LogP contribution in [0.25, 0.3) is 0 Å². The molecule has 2 aliphatic heterocycles. The van der Waals surface area contributed by atoms with E-state index in [-0.39, 0.29) is 24.7 Å². The van der Waals surface area contributed by atoms with Crippen molar-refractivity contribution in [2.45, 2.75) is 19.1 Å². The second-order valence-electron chi connectivity index (χ2n) is 4.46. The summed E-state index contributed by atoms with van der Waals surface area (Å²) in [5, 5.41) is 0. The van der Waals surface area contributed by atoms with Crippen LogP contribution in [0.5, 0.6) is 5.75 Å². The predicted molar refractivity (Wildman–Crippen MR) is 64.5 cm³/mol. The Morgan fingerprint density at radius 1 is 1.44 bits per heavy atom. The molecule has 4 amide bonds. The predicted octanol–water partition coefficient (Wildman–Crippen LogP) is 1.16. The van der Waals surface area contributed by atoms with Crippen LogP contribution in [0.15, 0.2) is 24.3 Å². The maximum absolute atomic E-state index is 12.2. The fourth-order valence-electron chi connectivity index (χ4n) is 2.48. The highest BCUT2D eigenvalue weighted by atomic mass is 16.5. The van der Waals surface area contributed by atoms with Gasteiger partial charge in [-0.05, 0) is 19.1 Å². The van der Waals surface area contributed by atoms with Gasteiger partial charge in [0.15, 0.2) is 0 Å². The largest absolute Gasteiger partial charge is 0.486 e. The number of primary amides is 1. The monoisotopic (exact) mass is 247 g/mol. The van der Waals surface area contributed by atoms with E-state index in [4.69, 9.17) is 10.5 Å². The number of fused-ring (bicyclic) bond motifs is 3. The van der Waals surface area contributed by atoms with Crippen molar-refractivity contribution in [3.8, 4) is 5.75 Å². The zero-order chi connectivity index (χ0) is 12.9. The molecule has 2 unspecified atom stereocenters. The summed E-state index contributed by atoms with van der Waals surface area (Å²) in [5.74, 6) is 0.654. The van der Waals surface area contributed by atoms with Crippen LogP contribution < -0.4 is 15.4 Å². The summed E-state index contributed by atoms with van der Waals surface area (Å²) in [6, 6.07) is 6.00. The van der Waals surface area contributed by atoms with E-state index in [1.807, 2.05) is 25.1 Å². The van der Waals surface area contributed by atoms with Crippen molar-refractivity contribution in [3.05, 3.63) is 24.3 Å². The molecule has 0 aromatic heterocycles. The van der Waals surface area contributed by atoms with Crippen LogP contribution in [0.2, 0.25) is 0 Å². The van der Waals surface area contributed by atoms with Gasteiger partial charge in [-0.3, -0.25) is 4.90 Å². The van der Waals surface area contributed by atoms with Crippen molar-refractivity contribution in [3.63, 3.8) is 0 Å². The zero-order valence-electron chi connectivity index (χ0n) is 9.87. The summed E-state index contributed by atoms with van der Waals surface area (Å²) in [5.41, 5.74) is 5.90. The molecule has 1 aromatic rings. The van der Waals surface area contributed by atoms with E-state index in [1.165, 1.54) is 0 Å². The van der Waals surface area contributed by atoms with E-state index in [0.29, 0.717) is 11.4 Å². The molecule has 1 saturated heterocycles. The molecule has 0 bridgehead atoms. The Kier molecular flexibility index (Phi) is 2.19. The number of para-hydroxylation sites is 2. The minimum Gasteiger partial charge on any atom is -0.486 e. The van der Waals surface area contributed by atoms with Gasteiger partial charge in [-0.1, -0.05) is 12.1 Å². The number of amides is 4. The third kappa shape index (κ3) is 1.35. The first kappa shape index (κ1) is 10.9. The minimum absolute atomic E-state index is 0.173. The highest BCUT2D eigenvalue weighted by Crippen LogP contribution is 2.39. The second kappa shape index (κ2) is 3.63. The van der Waals surface area contributed by atoms with E-state index >= 15 is 0 Å². The van der Waals surface area contributed by atoms with Gasteiger partial charge in [0.25, 0.3) is 0 Å². The molecule has 6 heteroatoms. The Morgan fingerprint density at radius 2 is 2.17 bits per heavy atom. The number of benzene rings is 1. The number of carbonyl (C=O) groups excluding carboxylic acids is 2. The van der Waals surface area contributed by atoms with Gasteiger partial charge in [-0.25, -0.2) is 14.5 Å². The zero-order valence-corrected chi connectivity index (χ0v) is 9.87. The van der Waals surface area contributed by atoms with Crippen LogP contribution >= 0.6 is 0 Å². The first-order valence-corrected chi connectivity index (χ1v) is 5.75. The van der Waals surface area contributed by atoms with Crippen LogP contribution in [0.4, 0.5) is 15.3 Å². The molecule has 2 aliphatic rings. The Balaban J connectivity index is 2.07. The first-order chi connectivity index (χ1) is 8.59. The summed E-state index contributed by atoms with van der Waals surface area (Å²) >= 11 is 0. The maximum Gasteiger partial charge on any atom is 0.333 e. The number of rotatable bonds is 0. The second-order valence-corrected chi connectivity index (χ2v) is 4.46. The van der Waals surface area contributed by atoms with Crippen LogP contribution in [-0.4, -0.2) is 35.7 Å². The molecule has 3 rings (SSSR count). The number of urea groups is 2. The normalized spacial score (nSPS) is 25.5. The smallest absolute Gasteiger partial charge is 0.333 e. The van der Waals surface area contributed by atoms with Crippen LogP contribution in [-0.2, 0) is 0 Å². The molecule has 0 aliphatic carbocycles. The fraction of sp³-hybridized carbons (Fsp3) is 0.333. The van der Waals surface area contributed by atoms with Crippen molar-refractivity contribution in [2.24, 2.45) is 5.73 Å². The maximum atomic E-state index is 12.2. The molecule has 2 heterocycles. The minimum atomic E-state index is -0.723. The average Bonchev–Trinajstić information content (AvgIpc) is 2.69. The molecule has 0 radical (unpaired) electrons. The molecule has 0 spiro atoms. The SMILES string of the molecule is CC1Oc2ccccc2N2C(=O)N(C(N)=O)CC12. The number of nitrogens with two attached hydrogens (primary N) is 1. The Bertz CT molecular complexity index is 531. The van der Waals surface area contributed by atoms with Crippen molar-refractivity contribution < 1.29 is 14.3 Å². The molecule has 1 fully saturated rings. The summed E-state index contributed by atoms with van der Waals surface area (Å²) in [4.78, 5) is 26.1. The van der Waals surface area contributed by atoms with Gasteiger partial charge in [0.2, 0.25) is 0 Å². The van der Waals surface area contributed by atoms with Gasteiger partial charge in [0.05, 0.1) is 18.3 Å². The van der Waals surface area contributed by atoms with Gasteiger partial charge in [0.1, 0.15) is 11.9 Å². The number of carbonyl (C=O) groups is 2. The van der Waals surface area contributed by atoms with Crippen LogP contribution in [0, 0.1) is 0 Å². The lowest BCUT2D eigenvalue weighted by molar-refractivity contribution is 0.175. The number of nitrogens with zero attached hydrogens (tertiary/aromatic N) is 2. The molecule has 94 valence electrons. The highest BCUT2D eigenvalue weighted by molar-refractivity contribution is 6.05. The molecule has 6 nitrogen and oxygen atoms in total. The standard InChI is InChI=1S/C12H13N3O3/c1-7-9-6-14(11(13)16)12(17)15(9)8-4-2-3-5-10(8)18-7/h2-5,7,9H,6H2,1H3,(H2,13,16). The molecule has 18 heavy (non-hydrogen) atoms. The van der Waals surface area contributed by atoms with E-state index < -0.39 is 6.03 Å². The number of hydrogen-bond donors (Lipinski definition) is 1. The lowest BCUT2D eigenvalue weighted by Crippen LogP contribution is -2.47. The summed E-state index contributed by atoms with van der Waals surface area (Å²) in [6.07, 6.45) is -0.173. The number of ether oxygens (including phenoxy) is 1. The van der Waals surface area contributed by atoms with Gasteiger partial charge in [-0.2, -0.15) is 0 Å². The number of hydrogen-bond acceptors (Lipinski definition) is 3. The van der Waals surface area contributed by atoms with Crippen molar-refractivity contribution >= 4 is 17.7 Å². The van der Waals surface area contributed by atoms with E-state index in [0.717, 1.165) is 4.90 Å². The third-order valence-electron chi connectivity index (χ3n) is 3.38. The van der Waals surface area contributed by atoms with Crippen LogP contribution in [0.3, 0.4) is 0 Å². The molecule has 0 saturated carbocycles. The highest BCUT2D eigenvalue weighted by Gasteiger charge is 2.47. The van der Waals surface area contributed by atoms with Crippen molar-refractivity contribution in [1.29, 1.82) is 0 Å². The van der Waals surface area contributed by atoms with E-state index in [1.54, 1.807) is 11.0 Å². The van der Waals surface area contributed by atoms with Gasteiger partial charge in [0, 0.05) is 0 Å². The lowest BCUT2D eigenvalue weighted by Gasteiger charge is -2.35.